The minimum atomic E-state index is -1.74. The Morgan fingerprint density at radius 1 is 0.739 bits per heavy atom. The lowest BCUT2D eigenvalue weighted by atomic mass is 9.78. The molecule has 0 amide bonds. The lowest BCUT2D eigenvalue weighted by Crippen LogP contribution is -2.59. The summed E-state index contributed by atoms with van der Waals surface area (Å²) in [6, 6.07) is 1.59. The van der Waals surface area contributed by atoms with Crippen molar-refractivity contribution >= 4 is 41.4 Å². The van der Waals surface area contributed by atoms with Crippen LogP contribution in [0.25, 0.3) is 0 Å². The van der Waals surface area contributed by atoms with E-state index in [2.05, 4.69) is 0 Å². The van der Waals surface area contributed by atoms with E-state index in [0.29, 0.717) is 0 Å². The normalized spacial score (nSPS) is 21.8. The van der Waals surface area contributed by atoms with Gasteiger partial charge in [0, 0.05) is 44.4 Å². The van der Waals surface area contributed by atoms with E-state index < -0.39 is 129 Å². The molecule has 46 heavy (non-hydrogen) atoms. The van der Waals surface area contributed by atoms with Gasteiger partial charge in [-0.3, -0.25) is 28.8 Å². The number of benzene rings is 2. The van der Waals surface area contributed by atoms with E-state index in [1.165, 1.54) is 6.92 Å². The van der Waals surface area contributed by atoms with Gasteiger partial charge in [0.05, 0.1) is 11.1 Å². The second-order valence-electron chi connectivity index (χ2n) is 10.5. The zero-order chi connectivity index (χ0) is 34.4. The Kier molecular flexibility index (Phi) is 9.05. The van der Waals surface area contributed by atoms with Crippen molar-refractivity contribution in [1.29, 1.82) is 0 Å². The number of carbonyl (C=O) groups is 7. The van der Waals surface area contributed by atoms with Gasteiger partial charge in [0.15, 0.2) is 29.9 Å². The summed E-state index contributed by atoms with van der Waals surface area (Å²) in [5.41, 5.74) is -3.83. The smallest absolute Gasteiger partial charge is 0.339 e. The van der Waals surface area contributed by atoms with Crippen molar-refractivity contribution in [1.82, 2.24) is 0 Å². The number of rotatable bonds is 7. The maximum atomic E-state index is 13.8. The van der Waals surface area contributed by atoms with Crippen molar-refractivity contribution in [2.24, 2.45) is 0 Å². The molecule has 0 aromatic heterocycles. The van der Waals surface area contributed by atoms with Gasteiger partial charge in [0.1, 0.15) is 41.6 Å². The van der Waals surface area contributed by atoms with E-state index in [1.807, 2.05) is 0 Å². The molecule has 0 radical (unpaired) electrons. The largest absolute Gasteiger partial charge is 0.507 e. The highest BCUT2D eigenvalue weighted by Crippen LogP contribution is 2.48. The molecular formula is C30H28O16. The molecule has 16 heteroatoms. The number of ether oxygens (including phenoxy) is 5. The maximum Gasteiger partial charge on any atom is 0.339 e. The van der Waals surface area contributed by atoms with Crippen LogP contribution in [0.15, 0.2) is 12.1 Å². The standard InChI is InChI=1S/C30H28O16/c1-9-19-14(6-16(35)20(9)30(40)41)23(37)21-17(36)7-15(24(38)22(21)25(19)39)26-28(44-12(4)33)29(45-13(5)34)27(43-11(3)32)18(46-26)8-42-10(2)31/h6-7,18,26-29,35-36,38H,8H2,1-5H3,(H,40,41)/t18-,26?,27-,28+,29+/m1/s1. The van der Waals surface area contributed by atoms with Gasteiger partial charge in [-0.05, 0) is 24.6 Å². The molecule has 5 atom stereocenters. The number of phenols is 3. The van der Waals surface area contributed by atoms with Crippen LogP contribution in [0.5, 0.6) is 17.2 Å². The number of aromatic carboxylic acids is 1. The van der Waals surface area contributed by atoms with Crippen LogP contribution >= 0.6 is 0 Å². The summed E-state index contributed by atoms with van der Waals surface area (Å²) in [6.07, 6.45) is -8.13. The second kappa shape index (κ2) is 12.5. The van der Waals surface area contributed by atoms with Crippen molar-refractivity contribution in [3.05, 3.63) is 51.1 Å². The number of aromatic hydroxyl groups is 3. The lowest BCUT2D eigenvalue weighted by molar-refractivity contribution is -0.254. The molecule has 0 saturated carbocycles. The number of carboxylic acids is 1. The Bertz CT molecular complexity index is 1710. The Balaban J connectivity index is 1.96. The molecular weight excluding hydrogens is 616 g/mol. The second-order valence-corrected chi connectivity index (χ2v) is 10.5. The number of carbonyl (C=O) groups excluding carboxylic acids is 6. The average Bonchev–Trinajstić information content (AvgIpc) is 2.92. The third kappa shape index (κ3) is 5.93. The number of hydrogen-bond acceptors (Lipinski definition) is 15. The topological polar surface area (TPSA) is 247 Å². The van der Waals surface area contributed by atoms with Gasteiger partial charge >= 0.3 is 29.8 Å². The van der Waals surface area contributed by atoms with Gasteiger partial charge in [-0.25, -0.2) is 4.79 Å². The van der Waals surface area contributed by atoms with E-state index in [1.54, 1.807) is 0 Å². The first kappa shape index (κ1) is 33.4. The predicted molar refractivity (Wildman–Crippen MR) is 147 cm³/mol. The van der Waals surface area contributed by atoms with Gasteiger partial charge in [-0.15, -0.1) is 0 Å². The number of hydrogen-bond donors (Lipinski definition) is 4. The summed E-state index contributed by atoms with van der Waals surface area (Å²) in [6.45, 7) is 4.62. The first-order valence-corrected chi connectivity index (χ1v) is 13.5. The number of carboxylic acid groups (broad SMARTS) is 1. The van der Waals surface area contributed by atoms with Crippen molar-refractivity contribution < 1.29 is 77.7 Å². The molecule has 1 saturated heterocycles. The van der Waals surface area contributed by atoms with Crippen molar-refractivity contribution in [3.63, 3.8) is 0 Å². The van der Waals surface area contributed by atoms with Crippen LogP contribution in [-0.2, 0) is 42.9 Å². The van der Waals surface area contributed by atoms with Gasteiger partial charge in [-0.2, -0.15) is 0 Å². The molecule has 4 rings (SSSR count). The Morgan fingerprint density at radius 2 is 1.30 bits per heavy atom. The fourth-order valence-electron chi connectivity index (χ4n) is 5.63. The van der Waals surface area contributed by atoms with E-state index in [-0.39, 0.29) is 5.56 Å². The van der Waals surface area contributed by atoms with Crippen LogP contribution in [0.1, 0.15) is 87.1 Å². The monoisotopic (exact) mass is 644 g/mol. The summed E-state index contributed by atoms with van der Waals surface area (Å²) in [5.74, 6) is -9.99. The SMILES string of the molecule is CC(=O)OC[C@H]1OC(c2cc(O)c3c(c2O)C(=O)c2c(cc(O)c(C(=O)O)c2C)C3=O)[C@H](OC(C)=O)[C@@H](OC(C)=O)[C@@H]1OC(C)=O. The van der Waals surface area contributed by atoms with Crippen LogP contribution < -0.4 is 0 Å². The molecule has 1 heterocycles. The summed E-state index contributed by atoms with van der Waals surface area (Å²) in [4.78, 5) is 87.2. The van der Waals surface area contributed by atoms with E-state index in [9.17, 15) is 54.0 Å². The molecule has 0 bridgehead atoms. The highest BCUT2D eigenvalue weighted by atomic mass is 16.7. The molecule has 16 nitrogen and oxygen atoms in total. The third-order valence-electron chi connectivity index (χ3n) is 7.30. The maximum absolute atomic E-state index is 13.8. The number of ketones is 2. The van der Waals surface area contributed by atoms with E-state index >= 15 is 0 Å². The highest BCUT2D eigenvalue weighted by Gasteiger charge is 2.54. The fourth-order valence-corrected chi connectivity index (χ4v) is 5.63. The molecule has 244 valence electrons. The highest BCUT2D eigenvalue weighted by molar-refractivity contribution is 6.31. The number of fused-ring (bicyclic) bond motifs is 2. The van der Waals surface area contributed by atoms with Crippen LogP contribution in [0.4, 0.5) is 0 Å². The molecule has 2 aliphatic rings. The fraction of sp³-hybridized carbons (Fsp3) is 0.367. The van der Waals surface area contributed by atoms with Crippen LogP contribution in [0, 0.1) is 6.92 Å². The molecule has 1 fully saturated rings. The van der Waals surface area contributed by atoms with Crippen LogP contribution in [0.2, 0.25) is 0 Å². The quantitative estimate of drug-likeness (QED) is 0.161. The molecule has 1 aliphatic carbocycles. The Labute approximate surface area is 259 Å². The van der Waals surface area contributed by atoms with E-state index in [4.69, 9.17) is 23.7 Å². The van der Waals surface area contributed by atoms with E-state index in [0.717, 1.165) is 39.8 Å². The van der Waals surface area contributed by atoms with Crippen molar-refractivity contribution in [2.75, 3.05) is 6.61 Å². The summed E-state index contributed by atoms with van der Waals surface area (Å²) in [5, 5.41) is 42.4. The summed E-state index contributed by atoms with van der Waals surface area (Å²) >= 11 is 0. The first-order valence-electron chi connectivity index (χ1n) is 13.5. The minimum absolute atomic E-state index is 0.303. The van der Waals surface area contributed by atoms with Crippen molar-refractivity contribution in [3.8, 4) is 17.2 Å². The molecule has 4 N–H and O–H groups in total. The molecule has 1 unspecified atom stereocenters. The molecule has 2 aromatic carbocycles. The Morgan fingerprint density at radius 3 is 1.85 bits per heavy atom. The molecule has 1 aliphatic heterocycles. The average molecular weight is 645 g/mol. The zero-order valence-corrected chi connectivity index (χ0v) is 24.9. The van der Waals surface area contributed by atoms with Crippen LogP contribution in [-0.4, -0.2) is 92.9 Å². The predicted octanol–water partition coefficient (Wildman–Crippen LogP) is 1.38. The number of phenolic OH excluding ortho intramolecular Hbond substituents is 2. The third-order valence-corrected chi connectivity index (χ3v) is 7.30. The summed E-state index contributed by atoms with van der Waals surface area (Å²) in [7, 11) is 0. The van der Waals surface area contributed by atoms with Gasteiger partial charge < -0.3 is 44.1 Å². The minimum Gasteiger partial charge on any atom is -0.507 e. The number of esters is 4. The van der Waals surface area contributed by atoms with Gasteiger partial charge in [0.2, 0.25) is 0 Å². The lowest BCUT2D eigenvalue weighted by Gasteiger charge is -2.44. The van der Waals surface area contributed by atoms with Gasteiger partial charge in [-0.1, -0.05) is 0 Å². The zero-order valence-electron chi connectivity index (χ0n) is 24.9. The van der Waals surface area contributed by atoms with Crippen LogP contribution in [0.3, 0.4) is 0 Å². The molecule has 0 spiro atoms. The first-order chi connectivity index (χ1) is 21.5. The summed E-state index contributed by atoms with van der Waals surface area (Å²) < 4.78 is 27.1. The Hall–Kier alpha value is -5.51. The van der Waals surface area contributed by atoms with Crippen molar-refractivity contribution in [2.45, 2.75) is 65.1 Å². The molecule has 2 aromatic rings. The van der Waals surface area contributed by atoms with Gasteiger partial charge in [0.25, 0.3) is 0 Å².